The van der Waals surface area contributed by atoms with Gasteiger partial charge in [0.05, 0.1) is 12.6 Å². The van der Waals surface area contributed by atoms with Crippen molar-refractivity contribution in [1.29, 1.82) is 0 Å². The minimum Gasteiger partial charge on any atom is -0.493 e. The van der Waals surface area contributed by atoms with Gasteiger partial charge in [0.25, 0.3) is 0 Å². The lowest BCUT2D eigenvalue weighted by Gasteiger charge is -2.28. The van der Waals surface area contributed by atoms with Crippen molar-refractivity contribution < 1.29 is 9.13 Å². The SMILES string of the molecule is CN=C(NCc1cc(F)ccc1SC)NC1CCOc2ccccc21.I. The standard InChI is InChI=1S/C19H22FN3OS.HI/c1-21-19(22-12-13-11-14(20)7-8-18(13)25-2)23-16-9-10-24-17-6-4-3-5-15(16)17;/h3-8,11,16H,9-10,12H2,1-2H3,(H2,21,22,23);1H. The summed E-state index contributed by atoms with van der Waals surface area (Å²) < 4.78 is 19.2. The maximum Gasteiger partial charge on any atom is 0.191 e. The summed E-state index contributed by atoms with van der Waals surface area (Å²) in [5.41, 5.74) is 2.05. The number of halogens is 2. The van der Waals surface area contributed by atoms with E-state index in [1.807, 2.05) is 30.5 Å². The first-order valence-electron chi connectivity index (χ1n) is 8.22. The average Bonchev–Trinajstić information content (AvgIpc) is 2.65. The van der Waals surface area contributed by atoms with E-state index in [2.05, 4.69) is 21.7 Å². The molecule has 7 heteroatoms. The molecule has 1 atom stereocenters. The van der Waals surface area contributed by atoms with Crippen LogP contribution in [-0.4, -0.2) is 25.9 Å². The molecule has 1 heterocycles. The highest BCUT2D eigenvalue weighted by Crippen LogP contribution is 2.31. The molecule has 1 aliphatic heterocycles. The molecular formula is C19H23FIN3OS. The minimum atomic E-state index is -0.226. The Bertz CT molecular complexity index is 772. The van der Waals surface area contributed by atoms with E-state index in [0.717, 1.165) is 28.2 Å². The van der Waals surface area contributed by atoms with Gasteiger partial charge in [-0.25, -0.2) is 4.39 Å². The summed E-state index contributed by atoms with van der Waals surface area (Å²) in [7, 11) is 1.74. The average molecular weight is 487 g/mol. The van der Waals surface area contributed by atoms with Crippen molar-refractivity contribution in [2.75, 3.05) is 19.9 Å². The number of aliphatic imine (C=N–C) groups is 1. The highest BCUT2D eigenvalue weighted by molar-refractivity contribution is 14.0. The molecule has 0 fully saturated rings. The Morgan fingerprint density at radius 2 is 2.12 bits per heavy atom. The van der Waals surface area contributed by atoms with Crippen molar-refractivity contribution in [1.82, 2.24) is 10.6 Å². The van der Waals surface area contributed by atoms with E-state index >= 15 is 0 Å². The van der Waals surface area contributed by atoms with Gasteiger partial charge in [0.2, 0.25) is 0 Å². The van der Waals surface area contributed by atoms with Crippen molar-refractivity contribution in [3.05, 3.63) is 59.4 Å². The second-order valence-electron chi connectivity index (χ2n) is 5.75. The van der Waals surface area contributed by atoms with Crippen LogP contribution in [0.5, 0.6) is 5.75 Å². The third-order valence-electron chi connectivity index (χ3n) is 4.18. The molecule has 140 valence electrons. The molecule has 0 aromatic heterocycles. The fourth-order valence-electron chi connectivity index (χ4n) is 2.92. The Hall–Kier alpha value is -1.48. The zero-order valence-corrected chi connectivity index (χ0v) is 17.9. The van der Waals surface area contributed by atoms with E-state index in [4.69, 9.17) is 4.74 Å². The highest BCUT2D eigenvalue weighted by atomic mass is 127. The molecule has 4 nitrogen and oxygen atoms in total. The van der Waals surface area contributed by atoms with Crippen LogP contribution in [0.4, 0.5) is 4.39 Å². The molecule has 0 aliphatic carbocycles. The predicted octanol–water partition coefficient (Wildman–Crippen LogP) is 4.35. The molecule has 0 spiro atoms. The molecule has 0 saturated carbocycles. The fraction of sp³-hybridized carbons (Fsp3) is 0.316. The van der Waals surface area contributed by atoms with E-state index in [9.17, 15) is 4.39 Å². The summed E-state index contributed by atoms with van der Waals surface area (Å²) in [6, 6.07) is 13.0. The quantitative estimate of drug-likeness (QED) is 0.291. The molecule has 26 heavy (non-hydrogen) atoms. The zero-order chi connectivity index (χ0) is 17.6. The second-order valence-corrected chi connectivity index (χ2v) is 6.60. The number of hydrogen-bond acceptors (Lipinski definition) is 3. The summed E-state index contributed by atoms with van der Waals surface area (Å²) in [6.07, 6.45) is 2.86. The van der Waals surface area contributed by atoms with Crippen LogP contribution in [0.2, 0.25) is 0 Å². The lowest BCUT2D eigenvalue weighted by Crippen LogP contribution is -2.40. The van der Waals surface area contributed by atoms with Gasteiger partial charge < -0.3 is 15.4 Å². The Kier molecular flexibility index (Phi) is 8.02. The summed E-state index contributed by atoms with van der Waals surface area (Å²) in [4.78, 5) is 5.36. The Labute approximate surface area is 175 Å². The smallest absolute Gasteiger partial charge is 0.191 e. The van der Waals surface area contributed by atoms with Gasteiger partial charge in [-0.15, -0.1) is 35.7 Å². The number of thioether (sulfide) groups is 1. The van der Waals surface area contributed by atoms with E-state index in [1.54, 1.807) is 24.9 Å². The number of ether oxygens (including phenoxy) is 1. The van der Waals surface area contributed by atoms with Crippen molar-refractivity contribution in [3.8, 4) is 5.75 Å². The molecule has 0 radical (unpaired) electrons. The van der Waals surface area contributed by atoms with E-state index < -0.39 is 0 Å². The van der Waals surface area contributed by atoms with Crippen molar-refractivity contribution in [2.24, 2.45) is 4.99 Å². The third-order valence-corrected chi connectivity index (χ3v) is 5.02. The van der Waals surface area contributed by atoms with Crippen molar-refractivity contribution >= 4 is 41.7 Å². The van der Waals surface area contributed by atoms with Crippen LogP contribution in [0.15, 0.2) is 52.4 Å². The maximum absolute atomic E-state index is 13.5. The first kappa shape index (κ1) is 20.8. The number of rotatable bonds is 4. The monoisotopic (exact) mass is 487 g/mol. The number of nitrogens with one attached hydrogen (secondary N) is 2. The summed E-state index contributed by atoms with van der Waals surface area (Å²) >= 11 is 1.61. The Morgan fingerprint density at radius 1 is 1.31 bits per heavy atom. The van der Waals surface area contributed by atoms with E-state index in [1.165, 1.54) is 6.07 Å². The number of fused-ring (bicyclic) bond motifs is 1. The highest BCUT2D eigenvalue weighted by Gasteiger charge is 2.21. The second kappa shape index (κ2) is 10.0. The summed E-state index contributed by atoms with van der Waals surface area (Å²) in [5.74, 6) is 1.38. The summed E-state index contributed by atoms with van der Waals surface area (Å²) in [6.45, 7) is 1.19. The van der Waals surface area contributed by atoms with Crippen LogP contribution >= 0.6 is 35.7 Å². The molecule has 3 rings (SSSR count). The van der Waals surface area contributed by atoms with Gasteiger partial charge in [-0.1, -0.05) is 18.2 Å². The van der Waals surface area contributed by atoms with Gasteiger partial charge >= 0.3 is 0 Å². The lowest BCUT2D eigenvalue weighted by molar-refractivity contribution is 0.261. The molecule has 0 amide bonds. The van der Waals surface area contributed by atoms with Gasteiger partial charge in [-0.2, -0.15) is 0 Å². The number of benzene rings is 2. The first-order chi connectivity index (χ1) is 12.2. The zero-order valence-electron chi connectivity index (χ0n) is 14.8. The molecule has 2 aromatic carbocycles. The fourth-order valence-corrected chi connectivity index (χ4v) is 3.51. The molecule has 1 unspecified atom stereocenters. The molecule has 2 N–H and O–H groups in total. The van der Waals surface area contributed by atoms with Gasteiger partial charge in [-0.3, -0.25) is 4.99 Å². The minimum absolute atomic E-state index is 0. The number of nitrogens with zero attached hydrogens (tertiary/aromatic N) is 1. The molecule has 2 aromatic rings. The largest absolute Gasteiger partial charge is 0.493 e. The van der Waals surface area contributed by atoms with Crippen LogP contribution in [0.3, 0.4) is 0 Å². The van der Waals surface area contributed by atoms with Crippen LogP contribution in [0, 0.1) is 5.82 Å². The van der Waals surface area contributed by atoms with Gasteiger partial charge in [0, 0.05) is 30.5 Å². The van der Waals surface area contributed by atoms with Crippen LogP contribution in [-0.2, 0) is 6.54 Å². The number of guanidine groups is 1. The normalized spacial score (nSPS) is 16.1. The summed E-state index contributed by atoms with van der Waals surface area (Å²) in [5, 5.41) is 6.73. The van der Waals surface area contributed by atoms with E-state index in [-0.39, 0.29) is 35.8 Å². The third kappa shape index (κ3) is 5.03. The van der Waals surface area contributed by atoms with Gasteiger partial charge in [0.15, 0.2) is 5.96 Å². The van der Waals surface area contributed by atoms with Crippen LogP contribution in [0.1, 0.15) is 23.6 Å². The maximum atomic E-state index is 13.5. The van der Waals surface area contributed by atoms with Crippen molar-refractivity contribution in [3.63, 3.8) is 0 Å². The molecule has 1 aliphatic rings. The van der Waals surface area contributed by atoms with Crippen LogP contribution in [0.25, 0.3) is 0 Å². The van der Waals surface area contributed by atoms with Gasteiger partial charge in [-0.05, 0) is 36.1 Å². The Morgan fingerprint density at radius 3 is 2.88 bits per heavy atom. The molecule has 0 bridgehead atoms. The van der Waals surface area contributed by atoms with Gasteiger partial charge in [0.1, 0.15) is 11.6 Å². The molecule has 0 saturated heterocycles. The first-order valence-corrected chi connectivity index (χ1v) is 9.45. The molecular weight excluding hydrogens is 464 g/mol. The predicted molar refractivity (Wildman–Crippen MR) is 116 cm³/mol. The van der Waals surface area contributed by atoms with E-state index in [0.29, 0.717) is 19.1 Å². The number of para-hydroxylation sites is 1. The van der Waals surface area contributed by atoms with Crippen LogP contribution < -0.4 is 15.4 Å². The number of hydrogen-bond donors (Lipinski definition) is 2. The Balaban J connectivity index is 0.00000243. The topological polar surface area (TPSA) is 45.7 Å². The lowest BCUT2D eigenvalue weighted by atomic mass is 10.0. The van der Waals surface area contributed by atoms with Crippen molar-refractivity contribution in [2.45, 2.75) is 23.9 Å².